The number of hydrogen-bond donors (Lipinski definition) is 1. The second-order valence-corrected chi connectivity index (χ2v) is 4.20. The van der Waals surface area contributed by atoms with Crippen molar-refractivity contribution in [1.82, 2.24) is 5.32 Å². The lowest BCUT2D eigenvalue weighted by Crippen LogP contribution is -2.09. The van der Waals surface area contributed by atoms with Crippen molar-refractivity contribution in [2.24, 2.45) is 0 Å². The summed E-state index contributed by atoms with van der Waals surface area (Å²) in [7, 11) is 2.03. The Hall–Kier alpha value is -0.0500. The zero-order valence-electron chi connectivity index (χ0n) is 7.46. The molecule has 0 unspecified atom stereocenters. The molecule has 1 saturated carbocycles. The van der Waals surface area contributed by atoms with E-state index in [2.05, 4.69) is 45.5 Å². The fraction of sp³-hybridized carbons (Fsp3) is 0.400. The average molecular weight is 263 g/mol. The third kappa shape index (κ3) is 2.46. The molecule has 1 N–H and O–H groups in total. The third-order valence-electron chi connectivity index (χ3n) is 2.46. The zero-order valence-corrected chi connectivity index (χ0v) is 9.86. The molecule has 0 heterocycles. The Balaban J connectivity index is 0.000000845. The molecule has 0 saturated heterocycles. The Labute approximate surface area is 93.5 Å². The average Bonchev–Trinajstić information content (AvgIpc) is 2.85. The fourth-order valence-corrected chi connectivity index (χ4v) is 1.86. The predicted molar refractivity (Wildman–Crippen MR) is 61.6 cm³/mol. The van der Waals surface area contributed by atoms with Crippen LogP contribution in [-0.2, 0) is 0 Å². The molecule has 1 fully saturated rings. The van der Waals surface area contributed by atoms with Crippen LogP contribution in [0.4, 0.5) is 0 Å². The van der Waals surface area contributed by atoms with E-state index in [0.29, 0.717) is 6.04 Å². The molecule has 1 aromatic carbocycles. The minimum absolute atomic E-state index is 0. The van der Waals surface area contributed by atoms with Crippen LogP contribution in [0.2, 0.25) is 0 Å². The van der Waals surface area contributed by atoms with Crippen molar-refractivity contribution in [3.63, 3.8) is 0 Å². The van der Waals surface area contributed by atoms with E-state index in [1.807, 2.05) is 7.05 Å². The van der Waals surface area contributed by atoms with Gasteiger partial charge in [0.1, 0.15) is 0 Å². The van der Waals surface area contributed by atoms with Gasteiger partial charge in [0.2, 0.25) is 0 Å². The molecule has 1 aliphatic carbocycles. The van der Waals surface area contributed by atoms with E-state index in [1.54, 1.807) is 0 Å². The molecule has 0 spiro atoms. The summed E-state index contributed by atoms with van der Waals surface area (Å²) in [6.45, 7) is 0. The van der Waals surface area contributed by atoms with Crippen LogP contribution in [0.1, 0.15) is 17.9 Å². The molecule has 0 radical (unpaired) electrons. The summed E-state index contributed by atoms with van der Waals surface area (Å²) < 4.78 is 1.16. The fourth-order valence-electron chi connectivity index (χ4n) is 1.59. The van der Waals surface area contributed by atoms with Crippen LogP contribution >= 0.6 is 28.3 Å². The number of rotatable bonds is 2. The SMILES string of the molecule is CN[C@@H]1C[C@H]1c1ccc(Br)cc1.Cl. The predicted octanol–water partition coefficient (Wildman–Crippen LogP) is 2.95. The molecule has 3 heteroatoms. The van der Waals surface area contributed by atoms with Gasteiger partial charge in [-0.2, -0.15) is 0 Å². The topological polar surface area (TPSA) is 12.0 Å². The standard InChI is InChI=1S/C10H12BrN.ClH/c1-12-10-6-9(10)7-2-4-8(11)5-3-7;/h2-5,9-10,12H,6H2,1H3;1H/t9-,10+;/m0./s1. The highest BCUT2D eigenvalue weighted by Crippen LogP contribution is 2.40. The summed E-state index contributed by atoms with van der Waals surface area (Å²) >= 11 is 3.43. The van der Waals surface area contributed by atoms with Gasteiger partial charge in [-0.3, -0.25) is 0 Å². The van der Waals surface area contributed by atoms with Crippen molar-refractivity contribution in [1.29, 1.82) is 0 Å². The molecule has 0 amide bonds. The number of likely N-dealkylation sites (N-methyl/N-ethyl adjacent to an activating group) is 1. The van der Waals surface area contributed by atoms with Gasteiger partial charge in [0.05, 0.1) is 0 Å². The summed E-state index contributed by atoms with van der Waals surface area (Å²) in [5.74, 6) is 0.753. The van der Waals surface area contributed by atoms with Gasteiger partial charge in [-0.15, -0.1) is 12.4 Å². The summed E-state index contributed by atoms with van der Waals surface area (Å²) in [6, 6.07) is 9.34. The molecule has 1 aromatic rings. The Morgan fingerprint density at radius 1 is 1.31 bits per heavy atom. The number of halogens is 2. The maximum absolute atomic E-state index is 3.43. The molecule has 72 valence electrons. The zero-order chi connectivity index (χ0) is 8.55. The second-order valence-electron chi connectivity index (χ2n) is 3.29. The summed E-state index contributed by atoms with van der Waals surface area (Å²) in [5, 5.41) is 3.29. The first-order chi connectivity index (χ1) is 5.81. The minimum Gasteiger partial charge on any atom is -0.316 e. The van der Waals surface area contributed by atoms with Gasteiger partial charge in [-0.25, -0.2) is 0 Å². The van der Waals surface area contributed by atoms with Crippen molar-refractivity contribution >= 4 is 28.3 Å². The van der Waals surface area contributed by atoms with Crippen LogP contribution < -0.4 is 5.32 Å². The highest BCUT2D eigenvalue weighted by Gasteiger charge is 2.36. The number of nitrogens with one attached hydrogen (secondary N) is 1. The van der Waals surface area contributed by atoms with E-state index >= 15 is 0 Å². The van der Waals surface area contributed by atoms with Crippen LogP contribution in [0.25, 0.3) is 0 Å². The molecule has 0 aliphatic heterocycles. The van der Waals surface area contributed by atoms with E-state index in [1.165, 1.54) is 12.0 Å². The number of hydrogen-bond acceptors (Lipinski definition) is 1. The lowest BCUT2D eigenvalue weighted by Gasteiger charge is -1.99. The van der Waals surface area contributed by atoms with E-state index in [4.69, 9.17) is 0 Å². The first-order valence-corrected chi connectivity index (χ1v) is 5.03. The van der Waals surface area contributed by atoms with Crippen molar-refractivity contribution in [2.75, 3.05) is 7.05 Å². The summed E-state index contributed by atoms with van der Waals surface area (Å²) in [4.78, 5) is 0. The second kappa shape index (κ2) is 4.45. The maximum Gasteiger partial charge on any atom is 0.0175 e. The van der Waals surface area contributed by atoms with Crippen LogP contribution in [-0.4, -0.2) is 13.1 Å². The normalized spacial score (nSPS) is 25.1. The summed E-state index contributed by atoms with van der Waals surface area (Å²) in [6.07, 6.45) is 1.29. The lowest BCUT2D eigenvalue weighted by atomic mass is 10.1. The Morgan fingerprint density at radius 2 is 1.92 bits per heavy atom. The van der Waals surface area contributed by atoms with Crippen molar-refractivity contribution < 1.29 is 0 Å². The van der Waals surface area contributed by atoms with E-state index in [9.17, 15) is 0 Å². The smallest absolute Gasteiger partial charge is 0.0175 e. The molecular formula is C10H13BrClN. The number of benzene rings is 1. The van der Waals surface area contributed by atoms with Gasteiger partial charge in [-0.1, -0.05) is 28.1 Å². The quantitative estimate of drug-likeness (QED) is 0.864. The highest BCUT2D eigenvalue weighted by atomic mass is 79.9. The largest absolute Gasteiger partial charge is 0.316 e. The Morgan fingerprint density at radius 3 is 2.38 bits per heavy atom. The van der Waals surface area contributed by atoms with Crippen LogP contribution in [0.5, 0.6) is 0 Å². The van der Waals surface area contributed by atoms with Gasteiger partial charge >= 0.3 is 0 Å². The van der Waals surface area contributed by atoms with E-state index in [-0.39, 0.29) is 12.4 Å². The first-order valence-electron chi connectivity index (χ1n) is 4.24. The maximum atomic E-state index is 3.43. The molecule has 2 rings (SSSR count). The first kappa shape index (κ1) is 11.0. The van der Waals surface area contributed by atoms with Crippen LogP contribution in [0.3, 0.4) is 0 Å². The van der Waals surface area contributed by atoms with E-state index in [0.717, 1.165) is 10.4 Å². The van der Waals surface area contributed by atoms with Crippen molar-refractivity contribution in [2.45, 2.75) is 18.4 Å². The molecule has 13 heavy (non-hydrogen) atoms. The molecule has 0 bridgehead atoms. The van der Waals surface area contributed by atoms with Gasteiger partial charge in [0, 0.05) is 16.4 Å². The van der Waals surface area contributed by atoms with E-state index < -0.39 is 0 Å². The third-order valence-corrected chi connectivity index (χ3v) is 2.99. The summed E-state index contributed by atoms with van der Waals surface area (Å²) in [5.41, 5.74) is 1.46. The molecule has 2 atom stereocenters. The van der Waals surface area contributed by atoms with Crippen LogP contribution in [0.15, 0.2) is 28.7 Å². The van der Waals surface area contributed by atoms with Crippen molar-refractivity contribution in [3.8, 4) is 0 Å². The molecule has 1 nitrogen and oxygen atoms in total. The molecular weight excluding hydrogens is 249 g/mol. The molecule has 0 aromatic heterocycles. The van der Waals surface area contributed by atoms with Gasteiger partial charge < -0.3 is 5.32 Å². The van der Waals surface area contributed by atoms with Crippen molar-refractivity contribution in [3.05, 3.63) is 34.3 Å². The Kier molecular flexibility index (Phi) is 3.77. The lowest BCUT2D eigenvalue weighted by molar-refractivity contribution is 0.783. The highest BCUT2D eigenvalue weighted by molar-refractivity contribution is 9.10. The van der Waals surface area contributed by atoms with Gasteiger partial charge in [0.25, 0.3) is 0 Å². The van der Waals surface area contributed by atoms with Gasteiger partial charge in [-0.05, 0) is 31.2 Å². The minimum atomic E-state index is 0. The van der Waals surface area contributed by atoms with Crippen LogP contribution in [0, 0.1) is 0 Å². The Bertz CT molecular complexity index is 273. The monoisotopic (exact) mass is 261 g/mol. The molecule has 1 aliphatic rings. The van der Waals surface area contributed by atoms with Gasteiger partial charge in [0.15, 0.2) is 0 Å².